The number of hydrogen-bond acceptors (Lipinski definition) is 4. The normalized spacial score (nSPS) is 26.7. The number of rotatable bonds is 3. The van der Waals surface area contributed by atoms with E-state index in [1.54, 1.807) is 6.07 Å². The van der Waals surface area contributed by atoms with Crippen LogP contribution in [0.5, 0.6) is 0 Å². The number of benzene rings is 1. The first-order valence-electron chi connectivity index (χ1n) is 12.9. The standard InChI is InChI=1S/C27H37N5O2/c1-19-15-25(33)30-24(29-19)16-21-9-13-31(18-27(21)11-5-6-12-27)26(34)32-14-10-22(28)17-23(32)20-7-3-2-4-8-20/h2-4,7-8,15,21-23H,5-6,9-14,16-18,28H2,1H3,(H,29,30,33)/t21?,22-,23+/m1/s1. The van der Waals surface area contributed by atoms with E-state index in [0.29, 0.717) is 12.5 Å². The fourth-order valence-electron chi connectivity index (χ4n) is 6.70. The van der Waals surface area contributed by atoms with Crippen molar-refractivity contribution >= 4 is 6.03 Å². The van der Waals surface area contributed by atoms with E-state index >= 15 is 0 Å². The van der Waals surface area contributed by atoms with Gasteiger partial charge >= 0.3 is 6.03 Å². The van der Waals surface area contributed by atoms with E-state index in [1.165, 1.54) is 18.4 Å². The lowest BCUT2D eigenvalue weighted by Crippen LogP contribution is -2.56. The number of nitrogens with zero attached hydrogens (tertiary/aromatic N) is 3. The van der Waals surface area contributed by atoms with Gasteiger partial charge in [-0.15, -0.1) is 0 Å². The van der Waals surface area contributed by atoms with E-state index in [0.717, 1.165) is 63.1 Å². The molecule has 3 atom stereocenters. The molecule has 1 aromatic heterocycles. The Morgan fingerprint density at radius 3 is 2.68 bits per heavy atom. The highest BCUT2D eigenvalue weighted by molar-refractivity contribution is 5.75. The van der Waals surface area contributed by atoms with Crippen molar-refractivity contribution in [2.75, 3.05) is 19.6 Å². The van der Waals surface area contributed by atoms with E-state index in [-0.39, 0.29) is 29.1 Å². The largest absolute Gasteiger partial charge is 0.328 e. The van der Waals surface area contributed by atoms with Gasteiger partial charge in [-0.2, -0.15) is 0 Å². The molecule has 0 radical (unpaired) electrons. The minimum Gasteiger partial charge on any atom is -0.328 e. The highest BCUT2D eigenvalue weighted by Gasteiger charge is 2.47. The molecule has 3 N–H and O–H groups in total. The molecule has 7 nitrogen and oxygen atoms in total. The first kappa shape index (κ1) is 23.1. The van der Waals surface area contributed by atoms with Crippen LogP contribution in [0.2, 0.25) is 0 Å². The fraction of sp³-hybridized carbons (Fsp3) is 0.593. The summed E-state index contributed by atoms with van der Waals surface area (Å²) in [5, 5.41) is 0. The summed E-state index contributed by atoms with van der Waals surface area (Å²) in [6.45, 7) is 4.14. The van der Waals surface area contributed by atoms with Gasteiger partial charge < -0.3 is 20.5 Å². The van der Waals surface area contributed by atoms with Crippen LogP contribution in [0.1, 0.15) is 68.1 Å². The number of aryl methyl sites for hydroxylation is 1. The topological polar surface area (TPSA) is 95.3 Å². The maximum Gasteiger partial charge on any atom is 0.320 e. The van der Waals surface area contributed by atoms with Crippen LogP contribution in [-0.2, 0) is 6.42 Å². The predicted molar refractivity (Wildman–Crippen MR) is 132 cm³/mol. The molecule has 1 aromatic carbocycles. The maximum absolute atomic E-state index is 13.9. The van der Waals surface area contributed by atoms with Gasteiger partial charge in [-0.05, 0) is 55.9 Å². The van der Waals surface area contributed by atoms with Gasteiger partial charge in [0.1, 0.15) is 5.82 Å². The molecule has 1 unspecified atom stereocenters. The molecule has 2 aromatic rings. The third-order valence-electron chi connectivity index (χ3n) is 8.42. The molecule has 1 spiro atoms. The molecule has 0 bridgehead atoms. The van der Waals surface area contributed by atoms with Gasteiger partial charge in [0.15, 0.2) is 0 Å². The Kier molecular flexibility index (Phi) is 6.47. The van der Waals surface area contributed by atoms with Gasteiger partial charge in [-0.1, -0.05) is 43.2 Å². The Morgan fingerprint density at radius 2 is 1.94 bits per heavy atom. The molecular weight excluding hydrogens is 426 g/mol. The molecule has 3 heterocycles. The van der Waals surface area contributed by atoms with Crippen molar-refractivity contribution in [3.63, 3.8) is 0 Å². The minimum absolute atomic E-state index is 0.0382. The van der Waals surface area contributed by atoms with Crippen LogP contribution in [0, 0.1) is 18.3 Å². The predicted octanol–water partition coefficient (Wildman–Crippen LogP) is 3.79. The highest BCUT2D eigenvalue weighted by Crippen LogP contribution is 2.50. The second-order valence-electron chi connectivity index (χ2n) is 10.7. The summed E-state index contributed by atoms with van der Waals surface area (Å²) in [7, 11) is 0. The smallest absolute Gasteiger partial charge is 0.320 e. The molecule has 34 heavy (non-hydrogen) atoms. The lowest BCUT2D eigenvalue weighted by atomic mass is 9.68. The van der Waals surface area contributed by atoms with E-state index in [9.17, 15) is 9.59 Å². The number of piperidine rings is 2. The van der Waals surface area contributed by atoms with Crippen LogP contribution >= 0.6 is 0 Å². The molecule has 3 fully saturated rings. The molecule has 5 rings (SSSR count). The Hall–Kier alpha value is -2.67. The van der Waals surface area contributed by atoms with Crippen LogP contribution in [0.3, 0.4) is 0 Å². The number of carbonyl (C=O) groups is 1. The van der Waals surface area contributed by atoms with Gasteiger partial charge in [0.25, 0.3) is 5.56 Å². The monoisotopic (exact) mass is 463 g/mol. The molecule has 2 amide bonds. The summed E-state index contributed by atoms with van der Waals surface area (Å²) < 4.78 is 0. The average Bonchev–Trinajstić information content (AvgIpc) is 3.29. The zero-order valence-electron chi connectivity index (χ0n) is 20.2. The number of amides is 2. The SMILES string of the molecule is Cc1cc(=O)[nH]c(CC2CCN(C(=O)N3CC[C@@H](N)C[C@H]3c3ccccc3)CC23CCCC3)n1. The van der Waals surface area contributed by atoms with Crippen LogP contribution < -0.4 is 11.3 Å². The Labute approximate surface area is 201 Å². The summed E-state index contributed by atoms with van der Waals surface area (Å²) in [5.41, 5.74) is 8.30. The summed E-state index contributed by atoms with van der Waals surface area (Å²) in [4.78, 5) is 37.6. The molecule has 2 saturated heterocycles. The van der Waals surface area contributed by atoms with E-state index in [4.69, 9.17) is 5.73 Å². The third kappa shape index (κ3) is 4.63. The zero-order valence-corrected chi connectivity index (χ0v) is 20.2. The number of likely N-dealkylation sites (tertiary alicyclic amines) is 2. The van der Waals surface area contributed by atoms with E-state index < -0.39 is 0 Å². The lowest BCUT2D eigenvalue weighted by Gasteiger charge is -2.49. The number of carbonyl (C=O) groups excluding carboxylic acids is 1. The van der Waals surface area contributed by atoms with Crippen molar-refractivity contribution in [1.82, 2.24) is 19.8 Å². The van der Waals surface area contributed by atoms with E-state index in [2.05, 4.69) is 31.9 Å². The molecular formula is C27H37N5O2. The van der Waals surface area contributed by atoms with Crippen LogP contribution in [0.4, 0.5) is 4.79 Å². The molecule has 2 aliphatic heterocycles. The summed E-state index contributed by atoms with van der Waals surface area (Å²) in [6, 6.07) is 12.2. The minimum atomic E-state index is -0.0779. The zero-order chi connectivity index (χ0) is 23.7. The number of H-pyrrole nitrogens is 1. The number of urea groups is 1. The van der Waals surface area contributed by atoms with Crippen molar-refractivity contribution in [1.29, 1.82) is 0 Å². The van der Waals surface area contributed by atoms with Gasteiger partial charge in [-0.3, -0.25) is 4.79 Å². The van der Waals surface area contributed by atoms with Crippen LogP contribution in [0.25, 0.3) is 0 Å². The summed E-state index contributed by atoms with van der Waals surface area (Å²) in [6.07, 6.45) is 8.10. The lowest BCUT2D eigenvalue weighted by molar-refractivity contribution is 0.0281. The van der Waals surface area contributed by atoms with Crippen LogP contribution in [-0.4, -0.2) is 51.5 Å². The van der Waals surface area contributed by atoms with Gasteiger partial charge in [0.05, 0.1) is 6.04 Å². The van der Waals surface area contributed by atoms with Crippen LogP contribution in [0.15, 0.2) is 41.2 Å². The van der Waals surface area contributed by atoms with Crippen molar-refractivity contribution in [2.24, 2.45) is 17.1 Å². The van der Waals surface area contributed by atoms with Crippen molar-refractivity contribution < 1.29 is 4.79 Å². The first-order valence-corrected chi connectivity index (χ1v) is 12.9. The molecule has 7 heteroatoms. The maximum atomic E-state index is 13.9. The Balaban J connectivity index is 1.35. The number of nitrogens with one attached hydrogen (secondary N) is 1. The third-order valence-corrected chi connectivity index (χ3v) is 8.42. The Morgan fingerprint density at radius 1 is 1.18 bits per heavy atom. The number of aromatic nitrogens is 2. The quantitative estimate of drug-likeness (QED) is 0.724. The summed E-state index contributed by atoms with van der Waals surface area (Å²) >= 11 is 0. The van der Waals surface area contributed by atoms with Crippen molar-refractivity contribution in [3.05, 3.63) is 63.8 Å². The molecule has 182 valence electrons. The highest BCUT2D eigenvalue weighted by atomic mass is 16.2. The van der Waals surface area contributed by atoms with E-state index in [1.807, 2.05) is 25.1 Å². The summed E-state index contributed by atoms with van der Waals surface area (Å²) in [5.74, 6) is 1.22. The molecule has 3 aliphatic rings. The second kappa shape index (κ2) is 9.53. The second-order valence-corrected chi connectivity index (χ2v) is 10.7. The van der Waals surface area contributed by atoms with Gasteiger partial charge in [-0.25, -0.2) is 9.78 Å². The van der Waals surface area contributed by atoms with Crippen molar-refractivity contribution in [3.8, 4) is 0 Å². The molecule has 1 aliphatic carbocycles. The fourth-order valence-corrected chi connectivity index (χ4v) is 6.70. The van der Waals surface area contributed by atoms with Crippen molar-refractivity contribution in [2.45, 2.75) is 70.4 Å². The number of hydrogen-bond donors (Lipinski definition) is 2. The average molecular weight is 464 g/mol. The van der Waals surface area contributed by atoms with Gasteiger partial charge in [0, 0.05) is 43.9 Å². The molecule has 1 saturated carbocycles. The first-order chi connectivity index (χ1) is 16.4. The number of nitrogens with two attached hydrogens (primary N) is 1. The Bertz CT molecular complexity index is 1060. The van der Waals surface area contributed by atoms with Gasteiger partial charge in [0.2, 0.25) is 0 Å². The number of aromatic amines is 1.